The second-order valence-electron chi connectivity index (χ2n) is 11.9. The number of allylic oxidation sites excluding steroid dienone is 1. The van der Waals surface area contributed by atoms with Gasteiger partial charge < -0.3 is 0 Å². The predicted molar refractivity (Wildman–Crippen MR) is 192 cm³/mol. The van der Waals surface area contributed by atoms with Gasteiger partial charge in [-0.1, -0.05) is 109 Å². The van der Waals surface area contributed by atoms with E-state index in [1.165, 1.54) is 16.7 Å². The molecule has 4 nitrogen and oxygen atoms in total. The summed E-state index contributed by atoms with van der Waals surface area (Å²) in [4.78, 5) is 19.5. The third-order valence-electron chi connectivity index (χ3n) is 8.69. The SMILES string of the molecule is Cc1cc(-c2cccc(-c3cc(-c4nc(-c5ccccc5)nc(-c5ccccc5)n4)cc(-c4cccc5c4C=CCC5)c3)c2)ccn1. The molecule has 2 aromatic heterocycles. The number of pyridine rings is 1. The summed E-state index contributed by atoms with van der Waals surface area (Å²) in [7, 11) is 0. The van der Waals surface area contributed by atoms with Crippen molar-refractivity contribution in [3.05, 3.63) is 163 Å². The molecule has 4 heteroatoms. The van der Waals surface area contributed by atoms with Gasteiger partial charge in [0.05, 0.1) is 0 Å². The minimum absolute atomic E-state index is 0.641. The van der Waals surface area contributed by atoms with Gasteiger partial charge in [-0.3, -0.25) is 4.98 Å². The summed E-state index contributed by atoms with van der Waals surface area (Å²) in [5.41, 5.74) is 13.4. The van der Waals surface area contributed by atoms with Crippen LogP contribution >= 0.6 is 0 Å². The molecular formula is C43H32N4. The number of aryl methyl sites for hydroxylation is 2. The van der Waals surface area contributed by atoms with E-state index in [2.05, 4.69) is 89.9 Å². The van der Waals surface area contributed by atoms with Gasteiger partial charge >= 0.3 is 0 Å². The van der Waals surface area contributed by atoms with Crippen LogP contribution in [0.2, 0.25) is 0 Å². The predicted octanol–water partition coefficient (Wildman–Crippen LogP) is 10.5. The van der Waals surface area contributed by atoms with Gasteiger partial charge in [-0.2, -0.15) is 0 Å². The van der Waals surface area contributed by atoms with Crippen molar-refractivity contribution in [2.75, 3.05) is 0 Å². The lowest BCUT2D eigenvalue weighted by molar-refractivity contribution is 0.986. The van der Waals surface area contributed by atoms with E-state index in [0.717, 1.165) is 63.0 Å². The number of aromatic nitrogens is 4. The van der Waals surface area contributed by atoms with Crippen LogP contribution in [0.4, 0.5) is 0 Å². The van der Waals surface area contributed by atoms with Gasteiger partial charge in [0.25, 0.3) is 0 Å². The minimum Gasteiger partial charge on any atom is -0.262 e. The van der Waals surface area contributed by atoms with Gasteiger partial charge in [0.1, 0.15) is 0 Å². The van der Waals surface area contributed by atoms with Gasteiger partial charge in [-0.25, -0.2) is 15.0 Å². The van der Waals surface area contributed by atoms with Gasteiger partial charge in [0.2, 0.25) is 0 Å². The van der Waals surface area contributed by atoms with Crippen molar-refractivity contribution in [3.8, 4) is 67.5 Å². The van der Waals surface area contributed by atoms with E-state index >= 15 is 0 Å². The molecule has 1 aliphatic carbocycles. The quantitative estimate of drug-likeness (QED) is 0.189. The summed E-state index contributed by atoms with van der Waals surface area (Å²) in [6, 6.07) is 46.6. The van der Waals surface area contributed by atoms with Gasteiger partial charge in [-0.15, -0.1) is 0 Å². The second-order valence-corrected chi connectivity index (χ2v) is 11.9. The third-order valence-corrected chi connectivity index (χ3v) is 8.69. The van der Waals surface area contributed by atoms with Crippen molar-refractivity contribution in [1.82, 2.24) is 19.9 Å². The summed E-state index contributed by atoms with van der Waals surface area (Å²) in [5, 5.41) is 0. The highest BCUT2D eigenvalue weighted by Gasteiger charge is 2.17. The summed E-state index contributed by atoms with van der Waals surface area (Å²) in [6.07, 6.45) is 8.54. The molecular weight excluding hydrogens is 573 g/mol. The standard InChI is InChI=1S/C43H32N4/c1-29-24-35(22-23-44-29)33-18-10-19-34(25-33)36-26-37(40-21-11-17-30-12-8-9-20-39(30)40)28-38(27-36)43-46-41(31-13-4-2-5-14-31)45-42(47-43)32-15-6-3-7-16-32/h2-7,9-11,13-28H,8,12H2,1H3. The first kappa shape index (κ1) is 28.5. The smallest absolute Gasteiger partial charge is 0.164 e. The van der Waals surface area contributed by atoms with Crippen LogP contribution in [0.1, 0.15) is 23.2 Å². The van der Waals surface area contributed by atoms with Crippen LogP contribution in [0, 0.1) is 6.92 Å². The largest absolute Gasteiger partial charge is 0.262 e. The molecule has 5 aromatic carbocycles. The summed E-state index contributed by atoms with van der Waals surface area (Å²) in [6.45, 7) is 2.03. The number of hydrogen-bond donors (Lipinski definition) is 0. The Kier molecular flexibility index (Phi) is 7.52. The van der Waals surface area contributed by atoms with Crippen LogP contribution in [-0.2, 0) is 6.42 Å². The molecule has 0 atom stereocenters. The first-order chi connectivity index (χ1) is 23.2. The zero-order valence-corrected chi connectivity index (χ0v) is 26.1. The highest BCUT2D eigenvalue weighted by Crippen LogP contribution is 2.37. The Morgan fingerprint density at radius 3 is 1.72 bits per heavy atom. The Balaban J connectivity index is 1.35. The molecule has 8 rings (SSSR count). The molecule has 0 spiro atoms. The molecule has 1 aliphatic rings. The molecule has 0 unspecified atom stereocenters. The average Bonchev–Trinajstić information content (AvgIpc) is 3.15. The van der Waals surface area contributed by atoms with Crippen molar-refractivity contribution in [3.63, 3.8) is 0 Å². The van der Waals surface area contributed by atoms with Crippen molar-refractivity contribution >= 4 is 6.08 Å². The van der Waals surface area contributed by atoms with E-state index < -0.39 is 0 Å². The lowest BCUT2D eigenvalue weighted by atomic mass is 9.88. The zero-order chi connectivity index (χ0) is 31.6. The molecule has 0 aliphatic heterocycles. The number of nitrogens with zero attached hydrogens (tertiary/aromatic N) is 4. The molecule has 0 saturated carbocycles. The maximum absolute atomic E-state index is 5.09. The van der Waals surface area contributed by atoms with Crippen LogP contribution in [-0.4, -0.2) is 19.9 Å². The van der Waals surface area contributed by atoms with Crippen molar-refractivity contribution in [2.45, 2.75) is 19.8 Å². The molecule has 47 heavy (non-hydrogen) atoms. The molecule has 224 valence electrons. The molecule has 0 N–H and O–H groups in total. The van der Waals surface area contributed by atoms with E-state index in [1.54, 1.807) is 0 Å². The van der Waals surface area contributed by atoms with Crippen molar-refractivity contribution < 1.29 is 0 Å². The maximum Gasteiger partial charge on any atom is 0.164 e. The average molecular weight is 605 g/mol. The first-order valence-electron chi connectivity index (χ1n) is 16.0. The van der Waals surface area contributed by atoms with Crippen molar-refractivity contribution in [1.29, 1.82) is 0 Å². The Morgan fingerprint density at radius 2 is 1.02 bits per heavy atom. The van der Waals surface area contributed by atoms with Gasteiger partial charge in [0.15, 0.2) is 17.5 Å². The fourth-order valence-electron chi connectivity index (χ4n) is 6.34. The Hall–Kier alpha value is -6.00. The van der Waals surface area contributed by atoms with E-state index in [-0.39, 0.29) is 0 Å². The number of hydrogen-bond acceptors (Lipinski definition) is 4. The highest BCUT2D eigenvalue weighted by atomic mass is 15.0. The zero-order valence-electron chi connectivity index (χ0n) is 26.1. The minimum atomic E-state index is 0.641. The van der Waals surface area contributed by atoms with Gasteiger partial charge in [-0.05, 0) is 101 Å². The second kappa shape index (κ2) is 12.4. The first-order valence-corrected chi connectivity index (χ1v) is 16.0. The van der Waals surface area contributed by atoms with Crippen LogP contribution in [0.15, 0.2) is 146 Å². The topological polar surface area (TPSA) is 51.6 Å². The number of rotatable bonds is 6. The Labute approximate surface area is 275 Å². The lowest BCUT2D eigenvalue weighted by Gasteiger charge is -2.17. The monoisotopic (exact) mass is 604 g/mol. The van der Waals surface area contributed by atoms with Crippen LogP contribution in [0.3, 0.4) is 0 Å². The third kappa shape index (κ3) is 5.89. The fraction of sp³-hybridized carbons (Fsp3) is 0.0698. The molecule has 0 bridgehead atoms. The molecule has 2 heterocycles. The maximum atomic E-state index is 5.09. The fourth-order valence-corrected chi connectivity index (χ4v) is 6.34. The van der Waals surface area contributed by atoms with E-state index in [4.69, 9.17) is 15.0 Å². The molecule has 0 fully saturated rings. The summed E-state index contributed by atoms with van der Waals surface area (Å²) in [5.74, 6) is 1.94. The van der Waals surface area contributed by atoms with E-state index in [1.807, 2.05) is 73.8 Å². The van der Waals surface area contributed by atoms with E-state index in [0.29, 0.717) is 17.5 Å². The Bertz CT molecular complexity index is 2200. The van der Waals surface area contributed by atoms with Gasteiger partial charge in [0, 0.05) is 28.6 Å². The number of fused-ring (bicyclic) bond motifs is 1. The van der Waals surface area contributed by atoms with E-state index in [9.17, 15) is 0 Å². The van der Waals surface area contributed by atoms with Crippen LogP contribution in [0.25, 0.3) is 73.6 Å². The van der Waals surface area contributed by atoms with Crippen LogP contribution in [0.5, 0.6) is 0 Å². The van der Waals surface area contributed by atoms with Crippen molar-refractivity contribution in [2.24, 2.45) is 0 Å². The highest BCUT2D eigenvalue weighted by molar-refractivity contribution is 5.86. The molecule has 0 saturated heterocycles. The van der Waals surface area contributed by atoms with Crippen LogP contribution < -0.4 is 0 Å². The number of benzene rings is 5. The molecule has 0 radical (unpaired) electrons. The normalized spacial score (nSPS) is 12.1. The lowest BCUT2D eigenvalue weighted by Crippen LogP contribution is -2.01. The molecule has 0 amide bonds. The molecule has 7 aromatic rings. The summed E-state index contributed by atoms with van der Waals surface area (Å²) >= 11 is 0. The summed E-state index contributed by atoms with van der Waals surface area (Å²) < 4.78 is 0. The Morgan fingerprint density at radius 1 is 0.468 bits per heavy atom.